The van der Waals surface area contributed by atoms with Gasteiger partial charge in [-0.05, 0) is 17.2 Å². The monoisotopic (exact) mass is 521 g/mol. The molecule has 3 aromatic rings. The second-order valence-electron chi connectivity index (χ2n) is 7.66. The van der Waals surface area contributed by atoms with Gasteiger partial charge in [-0.15, -0.1) is 0 Å². The lowest BCUT2D eigenvalue weighted by Crippen LogP contribution is -2.03. The molecule has 0 amide bonds. The number of nitrogens with zero attached hydrogens (tertiary/aromatic N) is 3. The first-order valence-corrected chi connectivity index (χ1v) is 12.2. The summed E-state index contributed by atoms with van der Waals surface area (Å²) in [7, 11) is 2.66. The number of fused-ring (bicyclic) bond motifs is 3. The molecule has 1 aliphatic carbocycles. The Labute approximate surface area is 209 Å². The summed E-state index contributed by atoms with van der Waals surface area (Å²) in [6.07, 6.45) is 1.78. The van der Waals surface area contributed by atoms with E-state index in [4.69, 9.17) is 0 Å². The van der Waals surface area contributed by atoms with Crippen molar-refractivity contribution < 1.29 is 24.7 Å². The molecule has 0 saturated carbocycles. The minimum absolute atomic E-state index is 0.0718. The number of non-ortho nitro benzene ring substituents is 2. The molecule has 178 valence electrons. The van der Waals surface area contributed by atoms with Crippen LogP contribution in [0, 0.1) is 30.3 Å². The normalized spacial score (nSPS) is 15.7. The van der Waals surface area contributed by atoms with E-state index in [9.17, 15) is 40.2 Å². The zero-order chi connectivity index (χ0) is 25.7. The number of carbonyl (C=O) groups is 1. The topological polar surface area (TPSA) is 167 Å². The molecule has 3 aromatic carbocycles. The first kappa shape index (κ1) is 23.3. The fraction of sp³-hybridized carbons (Fsp3) is 0. The van der Waals surface area contributed by atoms with Crippen molar-refractivity contribution in [2.24, 2.45) is 0 Å². The van der Waals surface area contributed by atoms with Crippen LogP contribution in [0.1, 0.15) is 27.0 Å². The van der Waals surface area contributed by atoms with Gasteiger partial charge >= 0.3 is 5.97 Å². The third-order valence-corrected chi connectivity index (χ3v) is 8.10. The van der Waals surface area contributed by atoms with E-state index < -0.39 is 43.4 Å². The molecule has 1 N–H and O–H groups in total. The van der Waals surface area contributed by atoms with Gasteiger partial charge < -0.3 is 5.11 Å². The van der Waals surface area contributed by atoms with Crippen LogP contribution in [0.2, 0.25) is 0 Å². The molecule has 0 spiro atoms. The molecule has 0 aromatic heterocycles. The van der Waals surface area contributed by atoms with E-state index >= 15 is 0 Å². The third kappa shape index (κ3) is 3.70. The minimum Gasteiger partial charge on any atom is -0.478 e. The van der Waals surface area contributed by atoms with Crippen LogP contribution in [0.15, 0.2) is 65.6 Å². The quantitative estimate of drug-likeness (QED) is 0.179. The molecular formula is C23H11N3O8S2. The number of allylic oxidation sites excluding steroid dienone is 1. The third-order valence-electron chi connectivity index (χ3n) is 5.65. The highest BCUT2D eigenvalue weighted by Gasteiger charge is 2.40. The maximum Gasteiger partial charge on any atom is 0.336 e. The van der Waals surface area contributed by atoms with Crippen LogP contribution < -0.4 is 0 Å². The molecule has 0 radical (unpaired) electrons. The number of carboxylic acids is 1. The van der Waals surface area contributed by atoms with E-state index in [0.717, 1.165) is 34.7 Å². The Hall–Kier alpha value is -4.49. The van der Waals surface area contributed by atoms with Gasteiger partial charge in [-0.3, -0.25) is 30.3 Å². The zero-order valence-corrected chi connectivity index (χ0v) is 19.4. The van der Waals surface area contributed by atoms with Gasteiger partial charge in [0, 0.05) is 44.7 Å². The Kier molecular flexibility index (Phi) is 5.57. The lowest BCUT2D eigenvalue weighted by Gasteiger charge is -2.07. The van der Waals surface area contributed by atoms with Crippen LogP contribution >= 0.6 is 21.6 Å². The molecular weight excluding hydrogens is 510 g/mol. The number of nitro benzene ring substituents is 3. The Balaban J connectivity index is 1.91. The number of rotatable bonds is 5. The van der Waals surface area contributed by atoms with E-state index in [2.05, 4.69) is 0 Å². The molecule has 0 atom stereocenters. The molecule has 0 unspecified atom stereocenters. The van der Waals surface area contributed by atoms with Crippen LogP contribution in [-0.2, 0) is 0 Å². The Morgan fingerprint density at radius 2 is 1.39 bits per heavy atom. The molecule has 0 saturated heterocycles. The molecule has 2 aliphatic rings. The van der Waals surface area contributed by atoms with E-state index in [1.807, 2.05) is 30.3 Å². The molecule has 1 heterocycles. The largest absolute Gasteiger partial charge is 0.478 e. The zero-order valence-electron chi connectivity index (χ0n) is 17.7. The summed E-state index contributed by atoms with van der Waals surface area (Å²) in [5, 5.41) is 45.0. The van der Waals surface area contributed by atoms with Gasteiger partial charge in [-0.1, -0.05) is 51.9 Å². The van der Waals surface area contributed by atoms with Gasteiger partial charge in [0.05, 0.1) is 32.0 Å². The van der Waals surface area contributed by atoms with Crippen molar-refractivity contribution >= 4 is 55.1 Å². The van der Waals surface area contributed by atoms with Crippen molar-refractivity contribution in [2.45, 2.75) is 0 Å². The fourth-order valence-corrected chi connectivity index (χ4v) is 6.69. The average molecular weight is 521 g/mol. The summed E-state index contributed by atoms with van der Waals surface area (Å²) in [6, 6.07) is 13.2. The molecule has 1 aliphatic heterocycles. The van der Waals surface area contributed by atoms with Gasteiger partial charge in [0.1, 0.15) is 0 Å². The predicted octanol–water partition coefficient (Wildman–Crippen LogP) is 6.29. The van der Waals surface area contributed by atoms with E-state index in [-0.39, 0.29) is 27.8 Å². The van der Waals surface area contributed by atoms with Crippen molar-refractivity contribution in [3.63, 3.8) is 0 Å². The number of aromatic carboxylic acids is 1. The molecule has 0 bridgehead atoms. The van der Waals surface area contributed by atoms with Crippen LogP contribution in [0.25, 0.3) is 21.6 Å². The maximum absolute atomic E-state index is 12.1. The summed E-state index contributed by atoms with van der Waals surface area (Å²) < 4.78 is 0. The van der Waals surface area contributed by atoms with Gasteiger partial charge in [0.25, 0.3) is 17.1 Å². The molecule has 13 heteroatoms. The van der Waals surface area contributed by atoms with Crippen molar-refractivity contribution in [2.75, 3.05) is 0 Å². The summed E-state index contributed by atoms with van der Waals surface area (Å²) in [5.41, 5.74) is -1.12. The lowest BCUT2D eigenvalue weighted by atomic mass is 9.97. The SMILES string of the molecule is O=C(O)c1cc([N+](=O)[O-])cc2c1-c1c(cc([N+](=O)[O-])cc1[N+](=O)[O-])C2=C1C=C(c2ccccc2)SS1. The summed E-state index contributed by atoms with van der Waals surface area (Å²) in [6.45, 7) is 0. The lowest BCUT2D eigenvalue weighted by molar-refractivity contribution is -0.393. The van der Waals surface area contributed by atoms with Crippen LogP contribution in [0.4, 0.5) is 17.1 Å². The number of hydrogen-bond donors (Lipinski definition) is 1. The number of nitro groups is 3. The van der Waals surface area contributed by atoms with Gasteiger partial charge in [-0.25, -0.2) is 4.79 Å². The van der Waals surface area contributed by atoms with Crippen LogP contribution in [-0.4, -0.2) is 25.8 Å². The first-order valence-electron chi connectivity index (χ1n) is 10.1. The maximum atomic E-state index is 12.1. The Morgan fingerprint density at radius 3 is 1.97 bits per heavy atom. The second-order valence-corrected chi connectivity index (χ2v) is 9.87. The molecule has 5 rings (SSSR count). The van der Waals surface area contributed by atoms with Crippen molar-refractivity contribution in [1.82, 2.24) is 0 Å². The summed E-state index contributed by atoms with van der Waals surface area (Å²) in [5.74, 6) is -1.52. The highest BCUT2D eigenvalue weighted by molar-refractivity contribution is 8.82. The van der Waals surface area contributed by atoms with E-state index in [1.54, 1.807) is 6.08 Å². The van der Waals surface area contributed by atoms with Crippen molar-refractivity contribution in [3.05, 3.63) is 118 Å². The Morgan fingerprint density at radius 1 is 0.778 bits per heavy atom. The highest BCUT2D eigenvalue weighted by Crippen LogP contribution is 2.59. The average Bonchev–Trinajstić information content (AvgIpc) is 3.45. The molecule has 36 heavy (non-hydrogen) atoms. The Bertz CT molecular complexity index is 1520. The number of benzene rings is 3. The fourth-order valence-electron chi connectivity index (χ4n) is 4.20. The second kappa shape index (κ2) is 8.62. The van der Waals surface area contributed by atoms with E-state index in [0.29, 0.717) is 4.91 Å². The predicted molar refractivity (Wildman–Crippen MR) is 134 cm³/mol. The summed E-state index contributed by atoms with van der Waals surface area (Å²) >= 11 is 0. The van der Waals surface area contributed by atoms with Crippen molar-refractivity contribution in [1.29, 1.82) is 0 Å². The minimum atomic E-state index is -1.52. The van der Waals surface area contributed by atoms with Crippen molar-refractivity contribution in [3.8, 4) is 11.1 Å². The summed E-state index contributed by atoms with van der Waals surface area (Å²) in [4.78, 5) is 46.3. The number of hydrogen-bond acceptors (Lipinski definition) is 9. The van der Waals surface area contributed by atoms with Crippen LogP contribution in [0.5, 0.6) is 0 Å². The molecule has 0 fully saturated rings. The van der Waals surface area contributed by atoms with Gasteiger partial charge in [-0.2, -0.15) is 0 Å². The highest BCUT2D eigenvalue weighted by atomic mass is 33.1. The van der Waals surface area contributed by atoms with Gasteiger partial charge in [0.15, 0.2) is 0 Å². The standard InChI is InChI=1S/C23H11N3O8S2/c27-23(28)16-8-12(24(29)30)6-14-20(19-10-18(35-36-19)11-4-2-1-3-5-11)15-7-13(25(31)32)9-17(26(33)34)22(15)21(14)16/h1-10H,(H,27,28). The van der Waals surface area contributed by atoms with Gasteiger partial charge in [0.2, 0.25) is 0 Å². The van der Waals surface area contributed by atoms with Crippen LogP contribution in [0.3, 0.4) is 0 Å². The number of carboxylic acid groups (broad SMARTS) is 1. The van der Waals surface area contributed by atoms with E-state index in [1.165, 1.54) is 21.6 Å². The smallest absolute Gasteiger partial charge is 0.336 e. The molecule has 11 nitrogen and oxygen atoms in total. The first-order chi connectivity index (χ1) is 17.2.